The number of hydrogen-bond acceptors (Lipinski definition) is 8. The molecule has 0 radical (unpaired) electrons. The van der Waals surface area contributed by atoms with Gasteiger partial charge in [-0.2, -0.15) is 0 Å². The van der Waals surface area contributed by atoms with Gasteiger partial charge >= 0.3 is 0 Å². The number of sulfone groups is 1. The maximum atomic E-state index is 14.3. The van der Waals surface area contributed by atoms with E-state index < -0.39 is 56.2 Å². The molecule has 6 atom stereocenters. The molecule has 11 nitrogen and oxygen atoms in total. The van der Waals surface area contributed by atoms with Crippen LogP contribution in [0, 0.1) is 11.8 Å². The Bertz CT molecular complexity index is 1840. The van der Waals surface area contributed by atoms with Gasteiger partial charge in [-0.15, -0.1) is 0 Å². The number of pyridine rings is 1. The maximum Gasteiger partial charge on any atom is 0.253 e. The van der Waals surface area contributed by atoms with Crippen molar-refractivity contribution >= 4 is 38.5 Å². The van der Waals surface area contributed by atoms with Gasteiger partial charge in [0.1, 0.15) is 6.04 Å². The molecule has 3 aromatic rings. The van der Waals surface area contributed by atoms with E-state index in [-0.39, 0.29) is 24.4 Å². The Hall–Kier alpha value is -3.87. The van der Waals surface area contributed by atoms with E-state index in [4.69, 9.17) is 0 Å². The molecule has 0 spiro atoms. The molecular formula is C40H55N5O6S. The Balaban J connectivity index is 1.43. The average Bonchev–Trinajstić information content (AvgIpc) is 3.08. The molecule has 0 bridgehead atoms. The number of amides is 3. The van der Waals surface area contributed by atoms with Gasteiger partial charge in [-0.25, -0.2) is 8.42 Å². The van der Waals surface area contributed by atoms with Crippen molar-refractivity contribution in [2.24, 2.45) is 11.8 Å². The van der Waals surface area contributed by atoms with Crippen LogP contribution in [0.25, 0.3) is 10.9 Å². The normalized spacial score (nSPS) is 21.7. The third-order valence-corrected chi connectivity index (χ3v) is 13.0. The first-order valence-electron chi connectivity index (χ1n) is 18.4. The largest absolute Gasteiger partial charge is 0.390 e. The van der Waals surface area contributed by atoms with Crippen molar-refractivity contribution in [3.8, 4) is 0 Å². The summed E-state index contributed by atoms with van der Waals surface area (Å²) in [6.45, 7) is 9.44. The summed E-state index contributed by atoms with van der Waals surface area (Å²) in [4.78, 5) is 48.1. The van der Waals surface area contributed by atoms with Crippen molar-refractivity contribution in [2.75, 3.05) is 19.3 Å². The topological polar surface area (TPSA) is 158 Å². The predicted octanol–water partition coefficient (Wildman–Crippen LogP) is 4.04. The number of rotatable bonds is 12. The fourth-order valence-electron chi connectivity index (χ4n) is 7.59. The third kappa shape index (κ3) is 9.56. The molecule has 2 heterocycles. The number of β-amino-alcohol motifs (C(OH)–C–C–N with tert-alkyl or cyclic N) is 1. The van der Waals surface area contributed by atoms with E-state index >= 15 is 0 Å². The van der Waals surface area contributed by atoms with Crippen molar-refractivity contribution < 1.29 is 27.9 Å². The lowest BCUT2D eigenvalue weighted by atomic mass is 9.72. The molecule has 2 unspecified atom stereocenters. The van der Waals surface area contributed by atoms with Crippen LogP contribution < -0.4 is 16.0 Å². The number of likely N-dealkylation sites (tertiary alicyclic amines) is 1. The number of carbonyl (C=O) groups is 3. The van der Waals surface area contributed by atoms with Crippen LogP contribution in [0.5, 0.6) is 0 Å². The zero-order valence-electron chi connectivity index (χ0n) is 31.3. The second-order valence-corrected chi connectivity index (χ2v) is 18.9. The van der Waals surface area contributed by atoms with E-state index in [2.05, 4.69) is 25.8 Å². The first-order valence-corrected chi connectivity index (χ1v) is 20.3. The van der Waals surface area contributed by atoms with Crippen LogP contribution in [0.4, 0.5) is 0 Å². The molecule has 282 valence electrons. The molecule has 1 saturated carbocycles. The standard InChI is InChI=1S/C40H55N5O6S/c1-39(2,3)44-37(48)33-22-27-16-10-11-18-29(27)24-45(33)25-34(46)32(20-26-14-8-7-9-15-26)42-38(49)35(40(4,5)52(6,50)51)43-36(47)30-21-28-17-12-13-19-31(28)41-23-30/h7-9,12-15,17,19,21,23,27,29,32-35,46H,10-11,16,18,20,22,24-25H2,1-6H3,(H,42,49)(H,43,47)(H,44,48)/t27?,29?,32-,33-,34+,35+/m0/s1. The van der Waals surface area contributed by atoms with Gasteiger partial charge < -0.3 is 21.1 Å². The predicted molar refractivity (Wildman–Crippen MR) is 203 cm³/mol. The lowest BCUT2D eigenvalue weighted by Gasteiger charge is -2.47. The molecule has 2 aromatic carbocycles. The second kappa shape index (κ2) is 16.0. The van der Waals surface area contributed by atoms with Crippen molar-refractivity contribution in [3.05, 3.63) is 78.0 Å². The summed E-state index contributed by atoms with van der Waals surface area (Å²) in [6.07, 6.45) is 6.69. The fraction of sp³-hybridized carbons (Fsp3) is 0.550. The highest BCUT2D eigenvalue weighted by Gasteiger charge is 2.46. The highest BCUT2D eigenvalue weighted by molar-refractivity contribution is 7.92. The van der Waals surface area contributed by atoms with Crippen LogP contribution in [0.2, 0.25) is 0 Å². The number of piperidine rings is 1. The molecule has 1 aromatic heterocycles. The van der Waals surface area contributed by atoms with Gasteiger partial charge in [0.2, 0.25) is 11.8 Å². The van der Waals surface area contributed by atoms with Crippen LogP contribution in [0.15, 0.2) is 66.9 Å². The van der Waals surface area contributed by atoms with Gasteiger partial charge in [-0.05, 0) is 83.4 Å². The zero-order chi connectivity index (χ0) is 37.8. The minimum atomic E-state index is -3.90. The number of nitrogens with one attached hydrogen (secondary N) is 3. The summed E-state index contributed by atoms with van der Waals surface area (Å²) < 4.78 is 24.6. The van der Waals surface area contributed by atoms with Crippen LogP contribution in [-0.2, 0) is 25.8 Å². The summed E-state index contributed by atoms with van der Waals surface area (Å²) in [5.74, 6) is -0.614. The molecule has 4 N–H and O–H groups in total. The minimum absolute atomic E-state index is 0.0757. The van der Waals surface area contributed by atoms with E-state index in [1.54, 1.807) is 6.07 Å². The number of aromatic nitrogens is 1. The van der Waals surface area contributed by atoms with Crippen molar-refractivity contribution in [3.63, 3.8) is 0 Å². The van der Waals surface area contributed by atoms with Gasteiger partial charge in [0.15, 0.2) is 9.84 Å². The SMILES string of the molecule is CC(C)(C)NC(=O)[C@@H]1CC2CCCCC2CN1C[C@@H](O)[C@H](Cc1ccccc1)NC(=O)[C@@H](NC(=O)c1cnc2ccccc2c1)C(C)(C)S(C)(=O)=O. The second-order valence-electron chi connectivity index (χ2n) is 16.3. The minimum Gasteiger partial charge on any atom is -0.390 e. The maximum absolute atomic E-state index is 14.3. The first-order chi connectivity index (χ1) is 24.4. The van der Waals surface area contributed by atoms with Gasteiger partial charge in [0, 0.05) is 36.5 Å². The Morgan fingerprint density at radius 1 is 0.942 bits per heavy atom. The molecule has 12 heteroatoms. The molecule has 2 fully saturated rings. The average molecular weight is 734 g/mol. The Morgan fingerprint density at radius 2 is 1.60 bits per heavy atom. The van der Waals surface area contributed by atoms with Crippen molar-refractivity contribution in [1.29, 1.82) is 0 Å². The lowest BCUT2D eigenvalue weighted by Crippen LogP contribution is -2.64. The number of nitrogens with zero attached hydrogens (tertiary/aromatic N) is 2. The molecule has 2 aliphatic rings. The van der Waals surface area contributed by atoms with Crippen LogP contribution in [0.3, 0.4) is 0 Å². The Kier molecular flexibility index (Phi) is 12.1. The van der Waals surface area contributed by atoms with Crippen LogP contribution >= 0.6 is 0 Å². The Labute approximate surface area is 308 Å². The van der Waals surface area contributed by atoms with Crippen molar-refractivity contribution in [1.82, 2.24) is 25.8 Å². The number of aliphatic hydroxyl groups is 1. The smallest absolute Gasteiger partial charge is 0.253 e. The molecule has 52 heavy (non-hydrogen) atoms. The van der Waals surface area contributed by atoms with E-state index in [1.807, 2.05) is 75.4 Å². The quantitative estimate of drug-likeness (QED) is 0.217. The van der Waals surface area contributed by atoms with E-state index in [0.29, 0.717) is 30.3 Å². The van der Waals surface area contributed by atoms with Crippen LogP contribution in [0.1, 0.15) is 82.6 Å². The van der Waals surface area contributed by atoms with Crippen molar-refractivity contribution in [2.45, 2.75) is 108 Å². The number of aliphatic hydroxyl groups excluding tert-OH is 1. The Morgan fingerprint density at radius 3 is 2.27 bits per heavy atom. The first kappa shape index (κ1) is 39.3. The molecule has 1 aliphatic heterocycles. The molecule has 5 rings (SSSR count). The van der Waals surface area contributed by atoms with Gasteiger partial charge in [-0.1, -0.05) is 67.8 Å². The lowest BCUT2D eigenvalue weighted by molar-refractivity contribution is -0.133. The summed E-state index contributed by atoms with van der Waals surface area (Å²) in [5, 5.41) is 21.5. The summed E-state index contributed by atoms with van der Waals surface area (Å²) in [6, 6.07) is 15.5. The molecular weight excluding hydrogens is 679 g/mol. The molecule has 1 aliphatic carbocycles. The van der Waals surface area contributed by atoms with E-state index in [0.717, 1.165) is 42.9 Å². The third-order valence-electron chi connectivity index (χ3n) is 10.9. The number of fused-ring (bicyclic) bond motifs is 2. The number of para-hydroxylation sites is 1. The monoisotopic (exact) mass is 733 g/mol. The fourth-order valence-corrected chi connectivity index (χ4v) is 8.18. The summed E-state index contributed by atoms with van der Waals surface area (Å²) in [7, 11) is -3.90. The highest BCUT2D eigenvalue weighted by Crippen LogP contribution is 2.39. The zero-order valence-corrected chi connectivity index (χ0v) is 32.1. The van der Waals surface area contributed by atoms with Gasteiger partial charge in [-0.3, -0.25) is 24.3 Å². The highest BCUT2D eigenvalue weighted by atomic mass is 32.2. The van der Waals surface area contributed by atoms with E-state index in [9.17, 15) is 27.9 Å². The number of carbonyl (C=O) groups excluding carboxylic acids is 3. The number of benzene rings is 2. The van der Waals surface area contributed by atoms with Gasteiger partial charge in [0.25, 0.3) is 5.91 Å². The summed E-state index contributed by atoms with van der Waals surface area (Å²) >= 11 is 0. The summed E-state index contributed by atoms with van der Waals surface area (Å²) in [5.41, 5.74) is 1.29. The van der Waals surface area contributed by atoms with Crippen LogP contribution in [-0.4, -0.2) is 95.0 Å². The molecule has 3 amide bonds. The molecule has 1 saturated heterocycles. The van der Waals surface area contributed by atoms with E-state index in [1.165, 1.54) is 20.0 Å². The number of hydrogen-bond donors (Lipinski definition) is 4. The van der Waals surface area contributed by atoms with Gasteiger partial charge in [0.05, 0.1) is 34.0 Å².